The van der Waals surface area contributed by atoms with Crippen LogP contribution in [-0.4, -0.2) is 23.8 Å². The SMILES string of the molecule is COC(=O)C1(O)Cc2cc(F)c(F)cc2C1. The maximum atomic E-state index is 12.9. The molecule has 0 saturated carbocycles. The first-order chi connectivity index (χ1) is 7.46. The molecular weight excluding hydrogens is 218 g/mol. The molecule has 3 nitrogen and oxygen atoms in total. The van der Waals surface area contributed by atoms with Gasteiger partial charge in [-0.3, -0.25) is 0 Å². The molecule has 0 bridgehead atoms. The number of fused-ring (bicyclic) bond motifs is 1. The molecule has 16 heavy (non-hydrogen) atoms. The number of esters is 1. The van der Waals surface area contributed by atoms with Crippen molar-refractivity contribution in [2.24, 2.45) is 0 Å². The number of methoxy groups -OCH3 is 1. The van der Waals surface area contributed by atoms with E-state index in [1.807, 2.05) is 0 Å². The van der Waals surface area contributed by atoms with E-state index >= 15 is 0 Å². The van der Waals surface area contributed by atoms with Crippen LogP contribution in [0.4, 0.5) is 8.78 Å². The third kappa shape index (κ3) is 1.57. The van der Waals surface area contributed by atoms with E-state index in [0.29, 0.717) is 11.1 Å². The fraction of sp³-hybridized carbons (Fsp3) is 0.364. The largest absolute Gasteiger partial charge is 0.467 e. The van der Waals surface area contributed by atoms with Gasteiger partial charge in [-0.1, -0.05) is 0 Å². The van der Waals surface area contributed by atoms with Crippen molar-refractivity contribution in [3.63, 3.8) is 0 Å². The van der Waals surface area contributed by atoms with E-state index in [4.69, 9.17) is 0 Å². The minimum absolute atomic E-state index is 0.0494. The fourth-order valence-electron chi connectivity index (χ4n) is 1.99. The molecule has 5 heteroatoms. The zero-order valence-electron chi connectivity index (χ0n) is 8.59. The minimum Gasteiger partial charge on any atom is -0.467 e. The fourth-order valence-corrected chi connectivity index (χ4v) is 1.99. The summed E-state index contributed by atoms with van der Waals surface area (Å²) in [5.41, 5.74) is -0.823. The summed E-state index contributed by atoms with van der Waals surface area (Å²) in [4.78, 5) is 11.3. The van der Waals surface area contributed by atoms with Crippen LogP contribution in [0.2, 0.25) is 0 Å². The van der Waals surface area contributed by atoms with E-state index in [9.17, 15) is 18.7 Å². The number of benzene rings is 1. The van der Waals surface area contributed by atoms with Crippen molar-refractivity contribution in [1.29, 1.82) is 0 Å². The van der Waals surface area contributed by atoms with Crippen LogP contribution < -0.4 is 0 Å². The molecule has 86 valence electrons. The van der Waals surface area contributed by atoms with Gasteiger partial charge in [0.1, 0.15) is 0 Å². The zero-order chi connectivity index (χ0) is 11.9. The summed E-state index contributed by atoms with van der Waals surface area (Å²) in [6.07, 6.45) is -0.0988. The van der Waals surface area contributed by atoms with Crippen LogP contribution in [0.15, 0.2) is 12.1 Å². The molecule has 1 N–H and O–H groups in total. The van der Waals surface area contributed by atoms with Gasteiger partial charge in [-0.15, -0.1) is 0 Å². The molecule has 0 saturated heterocycles. The molecule has 2 rings (SSSR count). The highest BCUT2D eigenvalue weighted by Gasteiger charge is 2.43. The molecule has 0 aromatic heterocycles. The van der Waals surface area contributed by atoms with Crippen molar-refractivity contribution < 1.29 is 23.4 Å². The van der Waals surface area contributed by atoms with Gasteiger partial charge in [-0.25, -0.2) is 13.6 Å². The third-order valence-electron chi connectivity index (χ3n) is 2.77. The Kier molecular flexibility index (Phi) is 2.42. The lowest BCUT2D eigenvalue weighted by molar-refractivity contribution is -0.161. The Hall–Kier alpha value is -1.49. The summed E-state index contributed by atoms with van der Waals surface area (Å²) >= 11 is 0. The summed E-state index contributed by atoms with van der Waals surface area (Å²) in [5.74, 6) is -2.75. The Morgan fingerprint density at radius 2 is 1.75 bits per heavy atom. The van der Waals surface area contributed by atoms with E-state index in [0.717, 1.165) is 19.2 Å². The topological polar surface area (TPSA) is 46.5 Å². The predicted octanol–water partition coefficient (Wildman–Crippen LogP) is 0.968. The number of halogens is 2. The quantitative estimate of drug-likeness (QED) is 0.728. The number of carbonyl (C=O) groups excluding carboxylic acids is 1. The molecular formula is C11H10F2O3. The van der Waals surface area contributed by atoms with Crippen molar-refractivity contribution in [1.82, 2.24) is 0 Å². The molecule has 0 fully saturated rings. The van der Waals surface area contributed by atoms with Crippen LogP contribution in [0.3, 0.4) is 0 Å². The third-order valence-corrected chi connectivity index (χ3v) is 2.77. The Balaban J connectivity index is 2.37. The van der Waals surface area contributed by atoms with Crippen LogP contribution in [0.1, 0.15) is 11.1 Å². The van der Waals surface area contributed by atoms with Crippen molar-refractivity contribution in [2.75, 3.05) is 7.11 Å². The summed E-state index contributed by atoms with van der Waals surface area (Å²) in [6.45, 7) is 0. The number of aliphatic hydroxyl groups is 1. The average Bonchev–Trinajstić information content (AvgIpc) is 2.55. The van der Waals surface area contributed by atoms with Crippen LogP contribution in [0, 0.1) is 11.6 Å². The first-order valence-electron chi connectivity index (χ1n) is 4.74. The van der Waals surface area contributed by atoms with Crippen LogP contribution >= 0.6 is 0 Å². The van der Waals surface area contributed by atoms with Crippen molar-refractivity contribution in [3.05, 3.63) is 34.9 Å². The Morgan fingerprint density at radius 3 is 2.12 bits per heavy atom. The molecule has 1 aromatic rings. The van der Waals surface area contributed by atoms with Gasteiger partial charge >= 0.3 is 5.97 Å². The highest BCUT2D eigenvalue weighted by atomic mass is 19.2. The van der Waals surface area contributed by atoms with Crippen molar-refractivity contribution in [3.8, 4) is 0 Å². The molecule has 1 aliphatic carbocycles. The van der Waals surface area contributed by atoms with E-state index in [-0.39, 0.29) is 12.8 Å². The van der Waals surface area contributed by atoms with Gasteiger partial charge in [0.2, 0.25) is 0 Å². The molecule has 0 aliphatic heterocycles. The van der Waals surface area contributed by atoms with Gasteiger partial charge in [0.25, 0.3) is 0 Å². The molecule has 0 radical (unpaired) electrons. The summed E-state index contributed by atoms with van der Waals surface area (Å²) in [6, 6.07) is 2.01. The second-order valence-electron chi connectivity index (χ2n) is 3.91. The second kappa shape index (κ2) is 3.52. The highest BCUT2D eigenvalue weighted by molar-refractivity contribution is 5.81. The lowest BCUT2D eigenvalue weighted by Gasteiger charge is -2.18. The minimum atomic E-state index is -1.70. The lowest BCUT2D eigenvalue weighted by Crippen LogP contribution is -2.40. The molecule has 0 atom stereocenters. The Labute approximate surface area is 90.7 Å². The monoisotopic (exact) mass is 228 g/mol. The normalized spacial score (nSPS) is 17.0. The van der Waals surface area contributed by atoms with Gasteiger partial charge < -0.3 is 9.84 Å². The summed E-state index contributed by atoms with van der Waals surface area (Å²) in [7, 11) is 1.16. The standard InChI is InChI=1S/C11H10F2O3/c1-16-10(14)11(15)4-6-2-8(12)9(13)3-7(6)5-11/h2-3,15H,4-5H2,1H3. The Bertz CT molecular complexity index is 426. The number of hydrogen-bond donors (Lipinski definition) is 1. The molecule has 0 amide bonds. The maximum Gasteiger partial charge on any atom is 0.338 e. The van der Waals surface area contributed by atoms with Gasteiger partial charge in [0, 0.05) is 12.8 Å². The average molecular weight is 228 g/mol. The van der Waals surface area contributed by atoms with E-state index < -0.39 is 23.2 Å². The van der Waals surface area contributed by atoms with E-state index in [1.165, 1.54) is 0 Å². The molecule has 0 spiro atoms. The highest BCUT2D eigenvalue weighted by Crippen LogP contribution is 2.32. The first-order valence-corrected chi connectivity index (χ1v) is 4.74. The molecule has 0 unspecified atom stereocenters. The van der Waals surface area contributed by atoms with Crippen LogP contribution in [0.5, 0.6) is 0 Å². The summed E-state index contributed by atoms with van der Waals surface area (Å²) < 4.78 is 30.3. The van der Waals surface area contributed by atoms with Gasteiger partial charge in [-0.2, -0.15) is 0 Å². The number of carbonyl (C=O) groups is 1. The van der Waals surface area contributed by atoms with Crippen molar-refractivity contribution in [2.45, 2.75) is 18.4 Å². The van der Waals surface area contributed by atoms with Crippen LogP contribution in [-0.2, 0) is 22.4 Å². The van der Waals surface area contributed by atoms with Crippen molar-refractivity contribution >= 4 is 5.97 Å². The number of ether oxygens (including phenoxy) is 1. The maximum absolute atomic E-state index is 12.9. The van der Waals surface area contributed by atoms with Gasteiger partial charge in [0.15, 0.2) is 17.2 Å². The van der Waals surface area contributed by atoms with E-state index in [1.54, 1.807) is 0 Å². The Morgan fingerprint density at radius 1 is 1.31 bits per heavy atom. The smallest absolute Gasteiger partial charge is 0.338 e. The molecule has 1 aromatic carbocycles. The number of rotatable bonds is 1. The predicted molar refractivity (Wildman–Crippen MR) is 50.7 cm³/mol. The zero-order valence-corrected chi connectivity index (χ0v) is 8.59. The lowest BCUT2D eigenvalue weighted by atomic mass is 10.0. The second-order valence-corrected chi connectivity index (χ2v) is 3.91. The van der Waals surface area contributed by atoms with Gasteiger partial charge in [-0.05, 0) is 23.3 Å². The van der Waals surface area contributed by atoms with E-state index in [2.05, 4.69) is 4.74 Å². The number of hydrogen-bond acceptors (Lipinski definition) is 3. The molecule has 1 aliphatic rings. The summed E-state index contributed by atoms with van der Waals surface area (Å²) in [5, 5.41) is 9.94. The van der Waals surface area contributed by atoms with Gasteiger partial charge in [0.05, 0.1) is 7.11 Å². The molecule has 0 heterocycles. The first kappa shape index (κ1) is 11.0. The van der Waals surface area contributed by atoms with Crippen LogP contribution in [0.25, 0.3) is 0 Å².